The fraction of sp³-hybridized carbons (Fsp3) is 0.312. The molecule has 1 aliphatic heterocycles. The molecule has 1 atom stereocenters. The molecule has 7 nitrogen and oxygen atoms in total. The number of nitrogens with zero attached hydrogens (tertiary/aromatic N) is 5. The van der Waals surface area contributed by atoms with Crippen LogP contribution in [0.2, 0.25) is 0 Å². The standard InChI is InChI=1S/C16H17N5O2S/c1-24(22,23)21-10-3-7-14(21)12-5-2-6-13(19-12)15-11-18-16-17-8-4-9-20(15)16/h2,4-6,8-9,11,14H,3,7,10H2,1H3/t14-/m0/s1. The van der Waals surface area contributed by atoms with E-state index in [1.165, 1.54) is 10.6 Å². The maximum Gasteiger partial charge on any atom is 0.234 e. The van der Waals surface area contributed by atoms with Gasteiger partial charge in [-0.15, -0.1) is 0 Å². The van der Waals surface area contributed by atoms with Gasteiger partial charge in [0, 0.05) is 18.9 Å². The first-order valence-electron chi connectivity index (χ1n) is 7.76. The Kier molecular flexibility index (Phi) is 3.58. The average Bonchev–Trinajstić information content (AvgIpc) is 3.22. The van der Waals surface area contributed by atoms with E-state index in [0.29, 0.717) is 12.3 Å². The molecule has 1 aliphatic rings. The zero-order valence-electron chi connectivity index (χ0n) is 13.2. The molecule has 0 bridgehead atoms. The van der Waals surface area contributed by atoms with Crippen LogP contribution in [0.4, 0.5) is 0 Å². The van der Waals surface area contributed by atoms with Crippen LogP contribution >= 0.6 is 0 Å². The second-order valence-electron chi connectivity index (χ2n) is 5.91. The fourth-order valence-corrected chi connectivity index (χ4v) is 4.37. The van der Waals surface area contributed by atoms with Crippen molar-refractivity contribution in [3.05, 3.63) is 48.5 Å². The van der Waals surface area contributed by atoms with E-state index < -0.39 is 10.0 Å². The topological polar surface area (TPSA) is 80.5 Å². The molecule has 0 amide bonds. The summed E-state index contributed by atoms with van der Waals surface area (Å²) in [5.74, 6) is 0.610. The molecule has 8 heteroatoms. The van der Waals surface area contributed by atoms with Crippen molar-refractivity contribution in [3.63, 3.8) is 0 Å². The van der Waals surface area contributed by atoms with Crippen molar-refractivity contribution in [1.82, 2.24) is 23.7 Å². The second kappa shape index (κ2) is 5.64. The molecule has 1 fully saturated rings. The molecule has 0 aliphatic carbocycles. The van der Waals surface area contributed by atoms with Crippen molar-refractivity contribution in [3.8, 4) is 11.4 Å². The number of pyridine rings is 1. The summed E-state index contributed by atoms with van der Waals surface area (Å²) in [6.45, 7) is 0.551. The number of sulfonamides is 1. The van der Waals surface area contributed by atoms with Gasteiger partial charge in [0.05, 0.1) is 35.6 Å². The lowest BCUT2D eigenvalue weighted by atomic mass is 10.1. The van der Waals surface area contributed by atoms with E-state index in [2.05, 4.69) is 9.97 Å². The van der Waals surface area contributed by atoms with Gasteiger partial charge in [-0.25, -0.2) is 23.4 Å². The van der Waals surface area contributed by atoms with Crippen LogP contribution in [0.5, 0.6) is 0 Å². The molecule has 0 spiro atoms. The van der Waals surface area contributed by atoms with Crippen molar-refractivity contribution in [2.45, 2.75) is 18.9 Å². The van der Waals surface area contributed by atoms with Crippen LogP contribution in [0.1, 0.15) is 24.6 Å². The van der Waals surface area contributed by atoms with Crippen LogP contribution in [0, 0.1) is 0 Å². The Morgan fingerprint density at radius 1 is 1.21 bits per heavy atom. The van der Waals surface area contributed by atoms with Crippen molar-refractivity contribution in [2.75, 3.05) is 12.8 Å². The maximum absolute atomic E-state index is 12.0. The lowest BCUT2D eigenvalue weighted by Gasteiger charge is -2.21. The summed E-state index contributed by atoms with van der Waals surface area (Å²) in [7, 11) is -3.24. The molecule has 1 saturated heterocycles. The molecule has 0 unspecified atom stereocenters. The maximum atomic E-state index is 12.0. The van der Waals surface area contributed by atoms with Gasteiger partial charge < -0.3 is 0 Å². The monoisotopic (exact) mass is 343 g/mol. The minimum Gasteiger partial charge on any atom is -0.282 e. The van der Waals surface area contributed by atoms with Gasteiger partial charge >= 0.3 is 0 Å². The van der Waals surface area contributed by atoms with Crippen LogP contribution in [-0.2, 0) is 10.0 Å². The van der Waals surface area contributed by atoms with Gasteiger partial charge in [-0.2, -0.15) is 4.31 Å². The smallest absolute Gasteiger partial charge is 0.234 e. The van der Waals surface area contributed by atoms with Gasteiger partial charge in [0.15, 0.2) is 0 Å². The van der Waals surface area contributed by atoms with E-state index >= 15 is 0 Å². The summed E-state index contributed by atoms with van der Waals surface area (Å²) >= 11 is 0. The normalized spacial score (nSPS) is 19.1. The number of hydrogen-bond donors (Lipinski definition) is 0. The average molecular weight is 343 g/mol. The molecule has 24 heavy (non-hydrogen) atoms. The van der Waals surface area contributed by atoms with E-state index in [9.17, 15) is 8.42 Å². The Morgan fingerprint density at radius 2 is 2.08 bits per heavy atom. The van der Waals surface area contributed by atoms with Crippen molar-refractivity contribution in [2.24, 2.45) is 0 Å². The summed E-state index contributed by atoms with van der Waals surface area (Å²) in [6, 6.07) is 7.34. The highest BCUT2D eigenvalue weighted by atomic mass is 32.2. The number of aromatic nitrogens is 4. The van der Waals surface area contributed by atoms with Gasteiger partial charge in [-0.1, -0.05) is 6.07 Å². The number of fused-ring (bicyclic) bond motifs is 1. The van der Waals surface area contributed by atoms with Crippen molar-refractivity contribution >= 4 is 15.8 Å². The zero-order valence-corrected chi connectivity index (χ0v) is 14.0. The molecule has 4 heterocycles. The first-order chi connectivity index (χ1) is 11.5. The van der Waals surface area contributed by atoms with E-state index in [4.69, 9.17) is 4.98 Å². The largest absolute Gasteiger partial charge is 0.282 e. The third kappa shape index (κ3) is 2.57. The van der Waals surface area contributed by atoms with E-state index in [1.807, 2.05) is 34.9 Å². The first kappa shape index (κ1) is 15.2. The lowest BCUT2D eigenvalue weighted by molar-refractivity contribution is 0.394. The Bertz CT molecular complexity index is 998. The van der Waals surface area contributed by atoms with Crippen LogP contribution in [0.25, 0.3) is 17.2 Å². The second-order valence-corrected chi connectivity index (χ2v) is 7.85. The predicted octanol–water partition coefficient (Wildman–Crippen LogP) is 1.89. The molecule has 0 aromatic carbocycles. The van der Waals surface area contributed by atoms with Gasteiger partial charge in [-0.05, 0) is 31.0 Å². The van der Waals surface area contributed by atoms with E-state index in [-0.39, 0.29) is 6.04 Å². The molecule has 3 aromatic heterocycles. The molecule has 0 saturated carbocycles. The minimum absolute atomic E-state index is 0.197. The van der Waals surface area contributed by atoms with Crippen LogP contribution in [-0.4, -0.2) is 44.9 Å². The minimum atomic E-state index is -3.24. The highest BCUT2D eigenvalue weighted by molar-refractivity contribution is 7.88. The summed E-state index contributed by atoms with van der Waals surface area (Å²) < 4.78 is 27.4. The summed E-state index contributed by atoms with van der Waals surface area (Å²) in [5, 5.41) is 0. The molecule has 0 N–H and O–H groups in total. The molecule has 4 rings (SSSR count). The highest BCUT2D eigenvalue weighted by Crippen LogP contribution is 2.33. The van der Waals surface area contributed by atoms with Crippen LogP contribution in [0.15, 0.2) is 42.9 Å². The summed E-state index contributed by atoms with van der Waals surface area (Å²) in [4.78, 5) is 13.2. The van der Waals surface area contributed by atoms with E-state index in [1.54, 1.807) is 12.4 Å². The Morgan fingerprint density at radius 3 is 2.92 bits per heavy atom. The third-order valence-corrected chi connectivity index (χ3v) is 5.58. The molecule has 0 radical (unpaired) electrons. The summed E-state index contributed by atoms with van der Waals surface area (Å²) in [5.41, 5.74) is 2.37. The predicted molar refractivity (Wildman–Crippen MR) is 89.7 cm³/mol. The number of rotatable bonds is 3. The van der Waals surface area contributed by atoms with Gasteiger partial charge in [0.2, 0.25) is 15.8 Å². The molecule has 3 aromatic rings. The Hall–Kier alpha value is -2.32. The van der Waals surface area contributed by atoms with Gasteiger partial charge in [0.25, 0.3) is 0 Å². The molecular formula is C16H17N5O2S. The Labute approximate surface area is 140 Å². The summed E-state index contributed by atoms with van der Waals surface area (Å²) in [6.07, 6.45) is 8.21. The third-order valence-electron chi connectivity index (χ3n) is 4.29. The van der Waals surface area contributed by atoms with Crippen LogP contribution in [0.3, 0.4) is 0 Å². The molecular weight excluding hydrogens is 326 g/mol. The Balaban J connectivity index is 1.77. The van der Waals surface area contributed by atoms with Crippen molar-refractivity contribution in [1.29, 1.82) is 0 Å². The van der Waals surface area contributed by atoms with Crippen LogP contribution < -0.4 is 0 Å². The zero-order chi connectivity index (χ0) is 16.7. The highest BCUT2D eigenvalue weighted by Gasteiger charge is 2.33. The van der Waals surface area contributed by atoms with Gasteiger partial charge in [-0.3, -0.25) is 4.40 Å². The molecule has 124 valence electrons. The first-order valence-corrected chi connectivity index (χ1v) is 9.61. The number of imidazole rings is 1. The van der Waals surface area contributed by atoms with E-state index in [0.717, 1.165) is 29.9 Å². The van der Waals surface area contributed by atoms with Gasteiger partial charge in [0.1, 0.15) is 0 Å². The lowest BCUT2D eigenvalue weighted by Crippen LogP contribution is -2.29. The SMILES string of the molecule is CS(=O)(=O)N1CCC[C@H]1c1cccc(-c2cnc3ncccn23)n1. The quantitative estimate of drug-likeness (QED) is 0.725. The fourth-order valence-electron chi connectivity index (χ4n) is 3.23. The number of hydrogen-bond acceptors (Lipinski definition) is 5. The van der Waals surface area contributed by atoms with Crippen molar-refractivity contribution < 1.29 is 8.42 Å².